The second kappa shape index (κ2) is 13.1. The number of nitrogens with zero attached hydrogens (tertiary/aromatic N) is 1. The summed E-state index contributed by atoms with van der Waals surface area (Å²) in [6.07, 6.45) is 0. The molecule has 0 spiro atoms. The second-order valence-corrected chi connectivity index (χ2v) is 9.29. The molecule has 0 heterocycles. The van der Waals surface area contributed by atoms with Crippen LogP contribution in [-0.2, 0) is 32.3 Å². The summed E-state index contributed by atoms with van der Waals surface area (Å²) in [5.41, 5.74) is 5.18. The van der Waals surface area contributed by atoms with Crippen LogP contribution in [0.15, 0.2) is 127 Å². The molecule has 0 N–H and O–H groups in total. The lowest BCUT2D eigenvalue weighted by Crippen LogP contribution is -2.10. The predicted octanol–water partition coefficient (Wildman–Crippen LogP) is 8.19. The number of ether oxygens (including phenoxy) is 3. The van der Waals surface area contributed by atoms with E-state index in [4.69, 9.17) is 14.2 Å². The number of benzene rings is 4. The van der Waals surface area contributed by atoms with E-state index in [9.17, 15) is 9.59 Å². The van der Waals surface area contributed by atoms with Crippen LogP contribution in [0.1, 0.15) is 25.0 Å². The Kier molecular flexibility index (Phi) is 9.15. The SMILES string of the molecule is C=C(C)C(=O)OCc1ccc(N(c2ccc(COC(=O)C(=C)C)cc2)c2ccc(Oc3ccccc3)cc2)cc1. The highest BCUT2D eigenvalue weighted by molar-refractivity contribution is 5.87. The normalized spacial score (nSPS) is 10.3. The van der Waals surface area contributed by atoms with E-state index in [0.717, 1.165) is 39.7 Å². The Bertz CT molecular complexity index is 1400. The van der Waals surface area contributed by atoms with Gasteiger partial charge in [-0.25, -0.2) is 9.59 Å². The van der Waals surface area contributed by atoms with Crippen LogP contribution in [0, 0.1) is 0 Å². The van der Waals surface area contributed by atoms with Gasteiger partial charge < -0.3 is 19.1 Å². The van der Waals surface area contributed by atoms with Crippen LogP contribution < -0.4 is 9.64 Å². The van der Waals surface area contributed by atoms with E-state index in [0.29, 0.717) is 11.1 Å². The molecular weight excluding hydrogens is 502 g/mol. The van der Waals surface area contributed by atoms with Crippen molar-refractivity contribution in [2.45, 2.75) is 27.1 Å². The van der Waals surface area contributed by atoms with Crippen LogP contribution in [0.2, 0.25) is 0 Å². The second-order valence-electron chi connectivity index (χ2n) is 9.29. The first-order valence-corrected chi connectivity index (χ1v) is 12.8. The number of carbonyl (C=O) groups excluding carboxylic acids is 2. The van der Waals surface area contributed by atoms with Gasteiger partial charge in [0.1, 0.15) is 24.7 Å². The van der Waals surface area contributed by atoms with Crippen molar-refractivity contribution >= 4 is 29.0 Å². The fourth-order valence-corrected chi connectivity index (χ4v) is 3.76. The first-order chi connectivity index (χ1) is 19.3. The minimum atomic E-state index is -0.419. The molecule has 0 saturated carbocycles. The molecule has 0 radical (unpaired) electrons. The molecule has 6 heteroatoms. The fraction of sp³-hybridized carbons (Fsp3) is 0.118. The van der Waals surface area contributed by atoms with E-state index in [1.165, 1.54) is 0 Å². The van der Waals surface area contributed by atoms with Crippen molar-refractivity contribution in [2.24, 2.45) is 0 Å². The largest absolute Gasteiger partial charge is 0.457 e. The predicted molar refractivity (Wildman–Crippen MR) is 157 cm³/mol. The number of anilines is 3. The van der Waals surface area contributed by atoms with Crippen LogP contribution in [0.25, 0.3) is 0 Å². The lowest BCUT2D eigenvalue weighted by Gasteiger charge is -2.26. The monoisotopic (exact) mass is 533 g/mol. The molecule has 0 bridgehead atoms. The molecule has 4 rings (SSSR count). The lowest BCUT2D eigenvalue weighted by atomic mass is 10.1. The maximum atomic E-state index is 11.8. The van der Waals surface area contributed by atoms with E-state index in [-0.39, 0.29) is 13.2 Å². The van der Waals surface area contributed by atoms with Crippen LogP contribution in [0.5, 0.6) is 11.5 Å². The fourth-order valence-electron chi connectivity index (χ4n) is 3.76. The van der Waals surface area contributed by atoms with Crippen LogP contribution >= 0.6 is 0 Å². The Morgan fingerprint density at radius 1 is 0.575 bits per heavy atom. The van der Waals surface area contributed by atoms with Gasteiger partial charge >= 0.3 is 11.9 Å². The molecular formula is C34H31NO5. The highest BCUT2D eigenvalue weighted by Gasteiger charge is 2.14. The van der Waals surface area contributed by atoms with Crippen molar-refractivity contribution in [3.05, 3.63) is 139 Å². The average molecular weight is 534 g/mol. The summed E-state index contributed by atoms with van der Waals surface area (Å²) in [4.78, 5) is 25.7. The molecule has 6 nitrogen and oxygen atoms in total. The van der Waals surface area contributed by atoms with Crippen molar-refractivity contribution in [3.63, 3.8) is 0 Å². The van der Waals surface area contributed by atoms with Gasteiger partial charge in [0.05, 0.1) is 0 Å². The molecule has 0 atom stereocenters. The van der Waals surface area contributed by atoms with Gasteiger partial charge in [-0.05, 0) is 85.6 Å². The lowest BCUT2D eigenvalue weighted by molar-refractivity contribution is -0.141. The van der Waals surface area contributed by atoms with Crippen LogP contribution in [0.3, 0.4) is 0 Å². The summed E-state index contributed by atoms with van der Waals surface area (Å²) in [5, 5.41) is 0. The van der Waals surface area contributed by atoms with Crippen molar-refractivity contribution < 1.29 is 23.8 Å². The Labute approximate surface area is 234 Å². The number of esters is 2. The summed E-state index contributed by atoms with van der Waals surface area (Å²) in [6, 6.07) is 33.0. The Morgan fingerprint density at radius 3 is 1.35 bits per heavy atom. The maximum absolute atomic E-state index is 11.8. The van der Waals surface area contributed by atoms with E-state index in [2.05, 4.69) is 18.1 Å². The number of hydrogen-bond acceptors (Lipinski definition) is 6. The quantitative estimate of drug-likeness (QED) is 0.143. The molecule has 40 heavy (non-hydrogen) atoms. The minimum absolute atomic E-state index is 0.162. The third-order valence-electron chi connectivity index (χ3n) is 5.90. The number of para-hydroxylation sites is 1. The molecule has 0 fully saturated rings. The van der Waals surface area contributed by atoms with Crippen molar-refractivity contribution in [2.75, 3.05) is 4.90 Å². The zero-order chi connectivity index (χ0) is 28.5. The van der Waals surface area contributed by atoms with E-state index < -0.39 is 11.9 Å². The molecule has 0 aliphatic rings. The molecule has 0 aliphatic carbocycles. The Morgan fingerprint density at radius 2 is 0.950 bits per heavy atom. The van der Waals surface area contributed by atoms with Gasteiger partial charge in [-0.15, -0.1) is 0 Å². The number of carbonyl (C=O) groups is 2. The van der Waals surface area contributed by atoms with Gasteiger partial charge in [0.2, 0.25) is 0 Å². The Balaban J connectivity index is 1.58. The van der Waals surface area contributed by atoms with Gasteiger partial charge in [0, 0.05) is 28.2 Å². The minimum Gasteiger partial charge on any atom is -0.457 e. The van der Waals surface area contributed by atoms with Crippen LogP contribution in [0.4, 0.5) is 17.1 Å². The summed E-state index contributed by atoms with van der Waals surface area (Å²) < 4.78 is 16.5. The topological polar surface area (TPSA) is 65.1 Å². The van der Waals surface area contributed by atoms with Gasteiger partial charge in [-0.2, -0.15) is 0 Å². The number of rotatable bonds is 11. The molecule has 0 unspecified atom stereocenters. The summed E-state index contributed by atoms with van der Waals surface area (Å²) in [6.45, 7) is 10.8. The molecule has 4 aromatic carbocycles. The van der Waals surface area contributed by atoms with Crippen molar-refractivity contribution in [3.8, 4) is 11.5 Å². The maximum Gasteiger partial charge on any atom is 0.333 e. The number of hydrogen-bond donors (Lipinski definition) is 0. The van der Waals surface area contributed by atoms with Crippen LogP contribution in [-0.4, -0.2) is 11.9 Å². The molecule has 0 aromatic heterocycles. The van der Waals surface area contributed by atoms with Gasteiger partial charge in [-0.3, -0.25) is 0 Å². The van der Waals surface area contributed by atoms with E-state index >= 15 is 0 Å². The zero-order valence-corrected chi connectivity index (χ0v) is 22.6. The smallest absolute Gasteiger partial charge is 0.333 e. The zero-order valence-electron chi connectivity index (χ0n) is 22.6. The molecule has 202 valence electrons. The van der Waals surface area contributed by atoms with Gasteiger partial charge in [-0.1, -0.05) is 55.6 Å². The highest BCUT2D eigenvalue weighted by Crippen LogP contribution is 2.36. The first kappa shape index (κ1) is 27.9. The van der Waals surface area contributed by atoms with E-state index in [1.54, 1.807) is 13.8 Å². The van der Waals surface area contributed by atoms with E-state index in [1.807, 2.05) is 103 Å². The highest BCUT2D eigenvalue weighted by atomic mass is 16.5. The Hall–Kier alpha value is -5.10. The van der Waals surface area contributed by atoms with Gasteiger partial charge in [0.15, 0.2) is 0 Å². The standard InChI is InChI=1S/C34H31NO5/c1-24(2)33(36)38-22-26-10-14-28(15-11-26)35(29-16-12-27(13-17-29)23-39-34(37)25(3)4)30-18-20-32(21-19-30)40-31-8-6-5-7-9-31/h5-21H,1,3,22-23H2,2,4H3. The summed E-state index contributed by atoms with van der Waals surface area (Å²) in [7, 11) is 0. The third-order valence-corrected chi connectivity index (χ3v) is 5.90. The molecule has 0 aliphatic heterocycles. The average Bonchev–Trinajstić information content (AvgIpc) is 2.97. The molecule has 4 aromatic rings. The molecule has 0 amide bonds. The van der Waals surface area contributed by atoms with Gasteiger partial charge in [0.25, 0.3) is 0 Å². The summed E-state index contributed by atoms with van der Waals surface area (Å²) >= 11 is 0. The summed E-state index contributed by atoms with van der Waals surface area (Å²) in [5.74, 6) is 0.646. The third kappa shape index (κ3) is 7.48. The molecule has 0 saturated heterocycles. The van der Waals surface area contributed by atoms with Crippen molar-refractivity contribution in [1.82, 2.24) is 0 Å². The first-order valence-electron chi connectivity index (χ1n) is 12.8. The van der Waals surface area contributed by atoms with Crippen molar-refractivity contribution in [1.29, 1.82) is 0 Å².